The fourth-order valence-electron chi connectivity index (χ4n) is 3.93. The van der Waals surface area contributed by atoms with Crippen molar-refractivity contribution < 1.29 is 13.2 Å². The molecule has 10 heteroatoms. The molecule has 2 aliphatic rings. The maximum atomic E-state index is 13.0. The highest BCUT2D eigenvalue weighted by molar-refractivity contribution is 7.89. The number of nitrogens with zero attached hydrogens (tertiary/aromatic N) is 6. The average Bonchev–Trinajstić information content (AvgIpc) is 3.10. The molecule has 5 rings (SSSR count). The van der Waals surface area contributed by atoms with Gasteiger partial charge >= 0.3 is 0 Å². The van der Waals surface area contributed by atoms with E-state index in [1.807, 2.05) is 12.1 Å². The first-order valence-corrected chi connectivity index (χ1v) is 12.0. The lowest BCUT2D eigenvalue weighted by Gasteiger charge is -2.35. The van der Waals surface area contributed by atoms with Crippen molar-refractivity contribution in [2.45, 2.75) is 37.3 Å². The minimum Gasteiger partial charge on any atom is -0.474 e. The van der Waals surface area contributed by atoms with Crippen molar-refractivity contribution in [1.82, 2.24) is 23.8 Å². The Morgan fingerprint density at radius 2 is 1.87 bits per heavy atom. The molecule has 3 heterocycles. The zero-order valence-corrected chi connectivity index (χ0v) is 18.5. The quantitative estimate of drug-likeness (QED) is 0.597. The van der Waals surface area contributed by atoms with E-state index < -0.39 is 10.0 Å². The van der Waals surface area contributed by atoms with Crippen LogP contribution < -0.4 is 9.64 Å². The molecule has 3 aromatic rings. The molecule has 0 amide bonds. The Morgan fingerprint density at radius 1 is 1.10 bits per heavy atom. The first kappa shape index (κ1) is 20.2. The van der Waals surface area contributed by atoms with Crippen LogP contribution in [0.1, 0.15) is 25.1 Å². The van der Waals surface area contributed by atoms with Crippen LogP contribution in [0.2, 0.25) is 0 Å². The molecule has 0 unspecified atom stereocenters. The molecular weight excluding hydrogens is 416 g/mol. The highest BCUT2D eigenvalue weighted by Crippen LogP contribution is 2.31. The van der Waals surface area contributed by atoms with E-state index in [4.69, 9.17) is 4.74 Å². The van der Waals surface area contributed by atoms with E-state index in [0.29, 0.717) is 37.9 Å². The lowest BCUT2D eigenvalue weighted by atomic mass is 9.96. The number of sulfonamides is 1. The summed E-state index contributed by atoms with van der Waals surface area (Å²) in [6.45, 7) is 3.81. The van der Waals surface area contributed by atoms with E-state index in [9.17, 15) is 8.42 Å². The van der Waals surface area contributed by atoms with Crippen molar-refractivity contribution in [3.05, 3.63) is 36.5 Å². The first-order chi connectivity index (χ1) is 14.9. The molecule has 1 saturated carbocycles. The number of aromatic nitrogens is 4. The summed E-state index contributed by atoms with van der Waals surface area (Å²) in [6, 6.07) is 6.05. The van der Waals surface area contributed by atoms with E-state index >= 15 is 0 Å². The predicted octanol–water partition coefficient (Wildman–Crippen LogP) is 2.11. The number of benzene rings is 1. The molecule has 0 spiro atoms. The van der Waals surface area contributed by atoms with Gasteiger partial charge in [0.05, 0.1) is 10.9 Å². The number of hydrogen-bond donors (Lipinski definition) is 0. The number of ether oxygens (including phenoxy) is 1. The number of rotatable bonds is 5. The Bertz CT molecular complexity index is 1190. The zero-order chi connectivity index (χ0) is 21.6. The van der Waals surface area contributed by atoms with Crippen LogP contribution in [0.3, 0.4) is 0 Å². The molecule has 0 atom stereocenters. The van der Waals surface area contributed by atoms with Gasteiger partial charge in [-0.1, -0.05) is 0 Å². The Morgan fingerprint density at radius 3 is 2.52 bits per heavy atom. The molecule has 31 heavy (non-hydrogen) atoms. The van der Waals surface area contributed by atoms with Gasteiger partial charge in [-0.25, -0.2) is 23.4 Å². The lowest BCUT2D eigenvalue weighted by molar-refractivity contribution is 0.116. The number of fused-ring (bicyclic) bond motifs is 1. The summed E-state index contributed by atoms with van der Waals surface area (Å²) in [4.78, 5) is 15.1. The zero-order valence-electron chi connectivity index (χ0n) is 17.7. The topological polar surface area (TPSA) is 93.5 Å². The van der Waals surface area contributed by atoms with Crippen LogP contribution in [0.15, 0.2) is 35.7 Å². The summed E-state index contributed by atoms with van der Waals surface area (Å²) < 4.78 is 35.2. The maximum Gasteiger partial charge on any atom is 0.262 e. The molecule has 1 aliphatic heterocycles. The Balaban J connectivity index is 1.33. The van der Waals surface area contributed by atoms with Gasteiger partial charge in [0.25, 0.3) is 10.0 Å². The molecule has 164 valence electrons. The maximum absolute atomic E-state index is 13.0. The molecule has 0 N–H and O–H groups in total. The van der Waals surface area contributed by atoms with E-state index in [1.165, 1.54) is 10.7 Å². The van der Waals surface area contributed by atoms with Crippen LogP contribution in [0.25, 0.3) is 10.9 Å². The lowest BCUT2D eigenvalue weighted by Crippen LogP contribution is -2.48. The third-order valence-electron chi connectivity index (χ3n) is 6.21. The van der Waals surface area contributed by atoms with Crippen molar-refractivity contribution in [1.29, 1.82) is 0 Å². The van der Waals surface area contributed by atoms with Gasteiger partial charge in [-0.05, 0) is 44.4 Å². The highest BCUT2D eigenvalue weighted by atomic mass is 32.2. The van der Waals surface area contributed by atoms with Crippen molar-refractivity contribution in [3.8, 4) is 5.88 Å². The van der Waals surface area contributed by atoms with E-state index in [1.54, 1.807) is 31.1 Å². The minimum absolute atomic E-state index is 0.113. The second kappa shape index (κ2) is 7.76. The summed E-state index contributed by atoms with van der Waals surface area (Å²) in [6.07, 6.45) is 6.69. The third kappa shape index (κ3) is 3.74. The van der Waals surface area contributed by atoms with Crippen molar-refractivity contribution >= 4 is 26.6 Å². The second-order valence-corrected chi connectivity index (χ2v) is 10.1. The molecule has 2 aromatic heterocycles. The van der Waals surface area contributed by atoms with Crippen LogP contribution in [0.5, 0.6) is 5.88 Å². The third-order valence-corrected chi connectivity index (χ3v) is 7.98. The van der Waals surface area contributed by atoms with Gasteiger partial charge in [0.1, 0.15) is 18.3 Å². The van der Waals surface area contributed by atoms with Crippen LogP contribution in [-0.4, -0.2) is 64.5 Å². The minimum atomic E-state index is -3.59. The largest absolute Gasteiger partial charge is 0.474 e. The van der Waals surface area contributed by atoms with Gasteiger partial charge in [-0.15, -0.1) is 0 Å². The SMILES string of the molecule is Cc1nc(S(=O)(=O)N2CCN(c3ccc4ncnc(OC5CCC5)c4c3)CC2)cn1C. The number of hydrogen-bond acceptors (Lipinski definition) is 7. The van der Waals surface area contributed by atoms with Crippen LogP contribution in [0.4, 0.5) is 5.69 Å². The van der Waals surface area contributed by atoms with Crippen LogP contribution in [-0.2, 0) is 17.1 Å². The van der Waals surface area contributed by atoms with E-state index in [-0.39, 0.29) is 11.1 Å². The Labute approximate surface area is 181 Å². The van der Waals surface area contributed by atoms with Crippen molar-refractivity contribution in [2.75, 3.05) is 31.1 Å². The summed E-state index contributed by atoms with van der Waals surface area (Å²) in [5.74, 6) is 1.30. The van der Waals surface area contributed by atoms with Gasteiger partial charge in [-0.3, -0.25) is 0 Å². The summed E-state index contributed by atoms with van der Waals surface area (Å²) in [5, 5.41) is 1.01. The molecule has 0 bridgehead atoms. The predicted molar refractivity (Wildman–Crippen MR) is 117 cm³/mol. The number of imidazole rings is 1. The first-order valence-electron chi connectivity index (χ1n) is 10.6. The highest BCUT2D eigenvalue weighted by Gasteiger charge is 2.31. The molecule has 0 radical (unpaired) electrons. The average molecular weight is 443 g/mol. The Kier molecular flexibility index (Phi) is 5.05. The number of piperazine rings is 1. The van der Waals surface area contributed by atoms with Gasteiger partial charge in [-0.2, -0.15) is 4.31 Å². The van der Waals surface area contributed by atoms with E-state index in [0.717, 1.165) is 29.4 Å². The number of anilines is 1. The molecule has 9 nitrogen and oxygen atoms in total. The van der Waals surface area contributed by atoms with Gasteiger partial charge in [0, 0.05) is 45.1 Å². The van der Waals surface area contributed by atoms with E-state index in [2.05, 4.69) is 25.9 Å². The summed E-state index contributed by atoms with van der Waals surface area (Å²) in [5.41, 5.74) is 1.87. The molecular formula is C21H26N6O3S. The monoisotopic (exact) mass is 442 g/mol. The molecule has 1 saturated heterocycles. The second-order valence-electron chi connectivity index (χ2n) is 8.18. The van der Waals surface area contributed by atoms with Gasteiger partial charge < -0.3 is 14.2 Å². The molecule has 1 aliphatic carbocycles. The Hall–Kier alpha value is -2.72. The van der Waals surface area contributed by atoms with Gasteiger partial charge in [0.15, 0.2) is 5.03 Å². The summed E-state index contributed by atoms with van der Waals surface area (Å²) in [7, 11) is -1.79. The number of aryl methyl sites for hydroxylation is 2. The fourth-order valence-corrected chi connectivity index (χ4v) is 5.37. The van der Waals surface area contributed by atoms with Crippen molar-refractivity contribution in [3.63, 3.8) is 0 Å². The van der Waals surface area contributed by atoms with Crippen LogP contribution in [0, 0.1) is 6.92 Å². The summed E-state index contributed by atoms with van der Waals surface area (Å²) >= 11 is 0. The normalized spacial score (nSPS) is 18.3. The standard InChI is InChI=1S/C21H26N6O3S/c1-15-24-20(13-25(15)2)31(28,29)27-10-8-26(9-11-27)16-6-7-19-18(12-16)21(23-14-22-19)30-17-4-3-5-17/h6-7,12-14,17H,3-5,8-11H2,1-2H3. The molecule has 1 aromatic carbocycles. The molecule has 2 fully saturated rings. The van der Waals surface area contributed by atoms with Crippen molar-refractivity contribution in [2.24, 2.45) is 7.05 Å². The smallest absolute Gasteiger partial charge is 0.262 e. The fraction of sp³-hybridized carbons (Fsp3) is 0.476. The van der Waals surface area contributed by atoms with Gasteiger partial charge in [0.2, 0.25) is 5.88 Å². The van der Waals surface area contributed by atoms with Crippen LogP contribution >= 0.6 is 0 Å².